The molecule has 2 fully saturated rings. The van der Waals surface area contributed by atoms with Crippen LogP contribution in [0.3, 0.4) is 0 Å². The molecule has 6 rings (SSSR count). The predicted octanol–water partition coefficient (Wildman–Crippen LogP) is 5.47. The molecule has 3 aromatic rings. The van der Waals surface area contributed by atoms with Crippen LogP contribution < -0.4 is 5.32 Å². The maximum Gasteiger partial charge on any atom is 0.133 e. The Hall–Kier alpha value is -2.06. The van der Waals surface area contributed by atoms with Crippen LogP contribution in [-0.4, -0.2) is 12.6 Å². The zero-order chi connectivity index (χ0) is 17.4. The number of hydrogen-bond acceptors (Lipinski definition) is 2. The first-order chi connectivity index (χ1) is 12.9. The van der Waals surface area contributed by atoms with Crippen LogP contribution in [0.25, 0.3) is 11.0 Å². The molecule has 134 valence electrons. The molecule has 2 bridgehead atoms. The first kappa shape index (κ1) is 16.1. The fourth-order valence-electron chi connectivity index (χ4n) is 5.80. The fraction of sp³-hybridized carbons (Fsp3) is 0.417. The highest BCUT2D eigenvalue weighted by atomic mass is 16.3. The number of benzene rings is 2. The van der Waals surface area contributed by atoms with Crippen molar-refractivity contribution >= 4 is 11.0 Å². The molecule has 1 saturated heterocycles. The summed E-state index contributed by atoms with van der Waals surface area (Å²) in [4.78, 5) is 0. The van der Waals surface area contributed by atoms with Crippen molar-refractivity contribution in [3.05, 3.63) is 72.0 Å². The van der Waals surface area contributed by atoms with Gasteiger partial charge in [0.1, 0.15) is 5.58 Å². The summed E-state index contributed by atoms with van der Waals surface area (Å²) in [6, 6.07) is 19.9. The number of rotatable bonds is 0. The Labute approximate surface area is 155 Å². The second-order valence-electron chi connectivity index (χ2n) is 8.14. The van der Waals surface area contributed by atoms with E-state index in [0.29, 0.717) is 5.41 Å². The zero-order valence-corrected chi connectivity index (χ0v) is 15.3. The second-order valence-corrected chi connectivity index (χ2v) is 8.14. The van der Waals surface area contributed by atoms with Gasteiger partial charge >= 0.3 is 0 Å². The number of nitrogens with one attached hydrogen (secondary N) is 1. The molecule has 0 radical (unpaired) electrons. The molecule has 1 N–H and O–H groups in total. The summed E-state index contributed by atoms with van der Waals surface area (Å²) in [7, 11) is 0. The molecule has 2 heteroatoms. The summed E-state index contributed by atoms with van der Waals surface area (Å²) in [5.74, 6) is 0.917. The molecule has 2 aliphatic carbocycles. The Balaban J connectivity index is 0.000000141. The number of fused-ring (bicyclic) bond motifs is 2. The lowest BCUT2D eigenvalue weighted by atomic mass is 9.53. The van der Waals surface area contributed by atoms with E-state index in [-0.39, 0.29) is 0 Å². The highest BCUT2D eigenvalue weighted by molar-refractivity contribution is 5.76. The second kappa shape index (κ2) is 6.59. The van der Waals surface area contributed by atoms with Crippen molar-refractivity contribution in [2.24, 2.45) is 5.92 Å². The smallest absolute Gasteiger partial charge is 0.133 e. The van der Waals surface area contributed by atoms with E-state index in [1.165, 1.54) is 45.1 Å². The minimum atomic E-state index is 0.545. The first-order valence-corrected chi connectivity index (χ1v) is 10.1. The fourth-order valence-corrected chi connectivity index (χ4v) is 5.80. The summed E-state index contributed by atoms with van der Waals surface area (Å²) in [5, 5.41) is 4.95. The number of para-hydroxylation sites is 1. The van der Waals surface area contributed by atoms with Gasteiger partial charge in [-0.25, -0.2) is 0 Å². The molecule has 3 aliphatic rings. The Bertz CT molecular complexity index is 864. The van der Waals surface area contributed by atoms with Crippen LogP contribution in [0.2, 0.25) is 0 Å². The molecule has 1 aliphatic heterocycles. The molecule has 2 aromatic carbocycles. The Morgan fingerprint density at radius 1 is 0.923 bits per heavy atom. The van der Waals surface area contributed by atoms with Crippen molar-refractivity contribution in [2.45, 2.75) is 50.0 Å². The summed E-state index contributed by atoms with van der Waals surface area (Å²) >= 11 is 0. The van der Waals surface area contributed by atoms with Gasteiger partial charge in [-0.2, -0.15) is 0 Å². The van der Waals surface area contributed by atoms with Crippen LogP contribution in [0.1, 0.15) is 43.2 Å². The van der Waals surface area contributed by atoms with Gasteiger partial charge in [-0.1, -0.05) is 55.3 Å². The van der Waals surface area contributed by atoms with Crippen molar-refractivity contribution in [1.82, 2.24) is 5.32 Å². The maximum atomic E-state index is 5.12. The lowest BCUT2D eigenvalue weighted by Crippen LogP contribution is -2.59. The highest BCUT2D eigenvalue weighted by Crippen LogP contribution is 2.53. The molecular weight excluding hydrogens is 318 g/mol. The molecule has 1 saturated carbocycles. The van der Waals surface area contributed by atoms with E-state index < -0.39 is 0 Å². The topological polar surface area (TPSA) is 25.2 Å². The molecular formula is C24H27NO. The molecule has 3 atom stereocenters. The predicted molar refractivity (Wildman–Crippen MR) is 106 cm³/mol. The van der Waals surface area contributed by atoms with E-state index >= 15 is 0 Å². The largest absolute Gasteiger partial charge is 0.464 e. The van der Waals surface area contributed by atoms with Gasteiger partial charge in [0.15, 0.2) is 0 Å². The maximum absolute atomic E-state index is 5.12. The molecule has 2 nitrogen and oxygen atoms in total. The van der Waals surface area contributed by atoms with E-state index in [2.05, 4.69) is 29.6 Å². The third-order valence-electron chi connectivity index (χ3n) is 6.92. The van der Waals surface area contributed by atoms with Crippen molar-refractivity contribution in [3.8, 4) is 0 Å². The number of furan rings is 1. The lowest BCUT2D eigenvalue weighted by Gasteiger charge is -2.56. The van der Waals surface area contributed by atoms with Gasteiger partial charge in [0.05, 0.1) is 6.26 Å². The van der Waals surface area contributed by atoms with Crippen molar-refractivity contribution in [3.63, 3.8) is 0 Å². The van der Waals surface area contributed by atoms with Crippen molar-refractivity contribution in [2.75, 3.05) is 6.54 Å². The van der Waals surface area contributed by atoms with E-state index in [1.54, 1.807) is 17.4 Å². The minimum absolute atomic E-state index is 0.545. The van der Waals surface area contributed by atoms with E-state index in [9.17, 15) is 0 Å². The molecule has 0 unspecified atom stereocenters. The van der Waals surface area contributed by atoms with Crippen LogP contribution in [-0.2, 0) is 11.8 Å². The standard InChI is InChI=1S/C16H21N.C8H6O/c1-2-6-13-12(5-1)11-15-14-7-3-4-8-16(13,14)9-10-17-15;1-2-4-8-7(3-1)5-6-9-8/h1-2,5-6,14-15,17H,3-4,7-11H2;1-6H/t14-,15+,16-;/m0./s1. The molecule has 0 amide bonds. The third kappa shape index (κ3) is 2.59. The summed E-state index contributed by atoms with van der Waals surface area (Å²) < 4.78 is 5.12. The average Bonchev–Trinajstić information content (AvgIpc) is 3.17. The van der Waals surface area contributed by atoms with Crippen LogP contribution >= 0.6 is 0 Å². The Morgan fingerprint density at radius 2 is 1.81 bits per heavy atom. The SMILES string of the molecule is c1ccc2c(c1)C[C@H]1NCC[C@@]23CCCC[C@@H]13.c1ccc2occc2c1. The van der Waals surface area contributed by atoms with Crippen LogP contribution in [0.15, 0.2) is 65.3 Å². The lowest BCUT2D eigenvalue weighted by molar-refractivity contribution is 0.0798. The molecule has 1 aromatic heterocycles. The van der Waals surface area contributed by atoms with Crippen LogP contribution in [0, 0.1) is 5.92 Å². The van der Waals surface area contributed by atoms with Crippen LogP contribution in [0.5, 0.6) is 0 Å². The van der Waals surface area contributed by atoms with E-state index in [1.807, 2.05) is 30.3 Å². The van der Waals surface area contributed by atoms with E-state index in [4.69, 9.17) is 4.42 Å². The summed E-state index contributed by atoms with van der Waals surface area (Å²) in [6.07, 6.45) is 10.1. The normalized spacial score (nSPS) is 29.2. The monoisotopic (exact) mass is 345 g/mol. The van der Waals surface area contributed by atoms with Gasteiger partial charge in [0, 0.05) is 16.8 Å². The van der Waals surface area contributed by atoms with Gasteiger partial charge < -0.3 is 9.73 Å². The number of hydrogen-bond donors (Lipinski definition) is 1. The first-order valence-electron chi connectivity index (χ1n) is 10.1. The van der Waals surface area contributed by atoms with Crippen LogP contribution in [0.4, 0.5) is 0 Å². The average molecular weight is 345 g/mol. The molecule has 0 spiro atoms. The Kier molecular flexibility index (Phi) is 4.09. The van der Waals surface area contributed by atoms with Crippen molar-refractivity contribution in [1.29, 1.82) is 0 Å². The van der Waals surface area contributed by atoms with Gasteiger partial charge in [0.25, 0.3) is 0 Å². The molecule has 2 heterocycles. The quantitative estimate of drug-likeness (QED) is 0.585. The zero-order valence-electron chi connectivity index (χ0n) is 15.3. The van der Waals surface area contributed by atoms with Crippen molar-refractivity contribution < 1.29 is 4.42 Å². The van der Waals surface area contributed by atoms with Gasteiger partial charge in [-0.15, -0.1) is 0 Å². The number of piperidine rings is 1. The van der Waals surface area contributed by atoms with Gasteiger partial charge in [-0.05, 0) is 61.4 Å². The highest BCUT2D eigenvalue weighted by Gasteiger charge is 2.51. The third-order valence-corrected chi connectivity index (χ3v) is 6.92. The van der Waals surface area contributed by atoms with Gasteiger partial charge in [-0.3, -0.25) is 0 Å². The van der Waals surface area contributed by atoms with Gasteiger partial charge in [0.2, 0.25) is 0 Å². The van der Waals surface area contributed by atoms with E-state index in [0.717, 1.165) is 22.9 Å². The Morgan fingerprint density at radius 3 is 2.77 bits per heavy atom. The minimum Gasteiger partial charge on any atom is -0.464 e. The molecule has 26 heavy (non-hydrogen) atoms. The summed E-state index contributed by atoms with van der Waals surface area (Å²) in [6.45, 7) is 1.23. The summed E-state index contributed by atoms with van der Waals surface area (Å²) in [5.41, 5.74) is 4.84.